The van der Waals surface area contributed by atoms with Crippen LogP contribution in [0.1, 0.15) is 13.8 Å². The molecule has 122 valence electrons. The van der Waals surface area contributed by atoms with Gasteiger partial charge in [0.2, 0.25) is 0 Å². The predicted molar refractivity (Wildman–Crippen MR) is 92.7 cm³/mol. The number of carbonyl (C=O) groups is 1. The fourth-order valence-electron chi connectivity index (χ4n) is 2.11. The molecule has 0 bridgehead atoms. The van der Waals surface area contributed by atoms with Crippen LogP contribution in [0, 0.1) is 0 Å². The molecule has 1 N–H and O–H groups in total. The van der Waals surface area contributed by atoms with Crippen LogP contribution < -0.4 is 4.31 Å². The number of rotatable bonds is 5. The van der Waals surface area contributed by atoms with E-state index in [1.165, 1.54) is 13.8 Å². The second-order valence-electron chi connectivity index (χ2n) is 5.43. The molecule has 2 aromatic carbocycles. The lowest BCUT2D eigenvalue weighted by Gasteiger charge is -2.37. The highest BCUT2D eigenvalue weighted by atomic mass is 79.9. The van der Waals surface area contributed by atoms with Gasteiger partial charge in [0.05, 0.1) is 0 Å². The van der Waals surface area contributed by atoms with E-state index in [1.54, 1.807) is 24.3 Å². The summed E-state index contributed by atoms with van der Waals surface area (Å²) in [5, 5.41) is 9.26. The zero-order valence-electron chi connectivity index (χ0n) is 12.5. The smallest absolute Gasteiger partial charge is 0.329 e. The highest BCUT2D eigenvalue weighted by Crippen LogP contribution is 2.29. The standard InChI is InChI=1S/C16H16BrNO4S/c1-16(2,15(19)20)18(23(21)22)14-9-5-12(6-10-14)11-3-7-13(17)8-4-11/h3-10H,1-2H3,(H,19,20)(H,21,22)/p-1. The first-order valence-electron chi connectivity index (χ1n) is 6.72. The molecule has 0 amide bonds. The molecule has 1 unspecified atom stereocenters. The summed E-state index contributed by atoms with van der Waals surface area (Å²) in [6, 6.07) is 14.4. The summed E-state index contributed by atoms with van der Waals surface area (Å²) >= 11 is 0.667. The fourth-order valence-corrected chi connectivity index (χ4v) is 3.12. The lowest BCUT2D eigenvalue weighted by molar-refractivity contribution is -0.141. The molecule has 0 heterocycles. The quantitative estimate of drug-likeness (QED) is 0.783. The number of anilines is 1. The maximum absolute atomic E-state index is 11.5. The topological polar surface area (TPSA) is 80.7 Å². The Balaban J connectivity index is 2.38. The minimum Gasteiger partial charge on any atom is -0.755 e. The monoisotopic (exact) mass is 396 g/mol. The lowest BCUT2D eigenvalue weighted by Crippen LogP contribution is -2.51. The third kappa shape index (κ3) is 3.80. The van der Waals surface area contributed by atoms with Gasteiger partial charge in [-0.05, 0) is 49.2 Å². The van der Waals surface area contributed by atoms with Crippen LogP contribution in [0.25, 0.3) is 11.1 Å². The number of carboxylic acid groups (broad SMARTS) is 1. The van der Waals surface area contributed by atoms with Gasteiger partial charge >= 0.3 is 5.97 Å². The molecule has 1 atom stereocenters. The van der Waals surface area contributed by atoms with Crippen molar-refractivity contribution in [3.63, 3.8) is 0 Å². The van der Waals surface area contributed by atoms with Crippen LogP contribution in [0.2, 0.25) is 0 Å². The van der Waals surface area contributed by atoms with E-state index in [2.05, 4.69) is 15.9 Å². The first-order valence-corrected chi connectivity index (χ1v) is 8.55. The summed E-state index contributed by atoms with van der Waals surface area (Å²) in [6.45, 7) is 2.68. The summed E-state index contributed by atoms with van der Waals surface area (Å²) in [4.78, 5) is 11.3. The van der Waals surface area contributed by atoms with Crippen LogP contribution >= 0.6 is 15.9 Å². The number of hydrogen-bond acceptors (Lipinski definition) is 3. The summed E-state index contributed by atoms with van der Waals surface area (Å²) in [5.41, 5.74) is 0.607. The van der Waals surface area contributed by atoms with Gasteiger partial charge < -0.3 is 9.66 Å². The molecular formula is C16H15BrNO4S-. The zero-order chi connectivity index (χ0) is 17.2. The summed E-state index contributed by atoms with van der Waals surface area (Å²) in [7, 11) is 0. The summed E-state index contributed by atoms with van der Waals surface area (Å²) in [6.07, 6.45) is 0. The molecule has 2 aromatic rings. The van der Waals surface area contributed by atoms with Crippen LogP contribution in [0.5, 0.6) is 0 Å². The first kappa shape index (κ1) is 17.7. The Morgan fingerprint density at radius 1 is 1.09 bits per heavy atom. The highest BCUT2D eigenvalue weighted by Gasteiger charge is 2.36. The van der Waals surface area contributed by atoms with Crippen molar-refractivity contribution in [2.24, 2.45) is 0 Å². The summed E-state index contributed by atoms with van der Waals surface area (Å²) < 4.78 is 24.8. The molecule has 0 radical (unpaired) electrons. The molecule has 23 heavy (non-hydrogen) atoms. The molecule has 0 saturated carbocycles. The number of aliphatic carboxylic acids is 1. The lowest BCUT2D eigenvalue weighted by atomic mass is 10.0. The molecule has 7 heteroatoms. The van der Waals surface area contributed by atoms with Crippen LogP contribution in [0.4, 0.5) is 5.69 Å². The Morgan fingerprint density at radius 3 is 1.91 bits per heavy atom. The van der Waals surface area contributed by atoms with E-state index in [1.807, 2.05) is 24.3 Å². The Hall–Kier alpha value is -1.70. The van der Waals surface area contributed by atoms with Gasteiger partial charge in [-0.15, -0.1) is 0 Å². The van der Waals surface area contributed by atoms with Crippen molar-refractivity contribution in [1.82, 2.24) is 0 Å². The Morgan fingerprint density at radius 2 is 1.52 bits per heavy atom. The van der Waals surface area contributed by atoms with Crippen molar-refractivity contribution >= 4 is 38.9 Å². The van der Waals surface area contributed by atoms with E-state index in [4.69, 9.17) is 0 Å². The normalized spacial score (nSPS) is 12.7. The first-order chi connectivity index (χ1) is 10.7. The van der Waals surface area contributed by atoms with Gasteiger partial charge in [-0.25, -0.2) is 4.79 Å². The average Bonchev–Trinajstić information content (AvgIpc) is 2.48. The predicted octanol–water partition coefficient (Wildman–Crippen LogP) is 3.58. The van der Waals surface area contributed by atoms with E-state index in [9.17, 15) is 18.7 Å². The van der Waals surface area contributed by atoms with Crippen LogP contribution in [0.15, 0.2) is 53.0 Å². The molecule has 0 aliphatic carbocycles. The fraction of sp³-hybridized carbons (Fsp3) is 0.188. The van der Waals surface area contributed by atoms with Crippen molar-refractivity contribution in [3.05, 3.63) is 53.0 Å². The molecule has 0 aliphatic rings. The number of halogens is 1. The van der Waals surface area contributed by atoms with E-state index in [-0.39, 0.29) is 0 Å². The number of hydrogen-bond donors (Lipinski definition) is 1. The molecule has 2 rings (SSSR count). The van der Waals surface area contributed by atoms with Gasteiger partial charge in [0.1, 0.15) is 5.54 Å². The Bertz CT molecular complexity index is 729. The van der Waals surface area contributed by atoms with Gasteiger partial charge in [0.25, 0.3) is 0 Å². The maximum atomic E-state index is 11.5. The largest absolute Gasteiger partial charge is 0.755 e. The van der Waals surface area contributed by atoms with Crippen molar-refractivity contribution in [2.45, 2.75) is 19.4 Å². The van der Waals surface area contributed by atoms with Crippen LogP contribution in [-0.2, 0) is 16.1 Å². The minimum absolute atomic E-state index is 0.298. The molecule has 0 spiro atoms. The van der Waals surface area contributed by atoms with E-state index >= 15 is 0 Å². The molecule has 0 aliphatic heterocycles. The second kappa shape index (κ2) is 6.82. The van der Waals surface area contributed by atoms with E-state index in [0.717, 1.165) is 19.9 Å². The van der Waals surface area contributed by atoms with E-state index in [0.29, 0.717) is 5.69 Å². The highest BCUT2D eigenvalue weighted by molar-refractivity contribution is 9.10. The Kier molecular flexibility index (Phi) is 5.23. The average molecular weight is 397 g/mol. The number of nitrogens with zero attached hydrogens (tertiary/aromatic N) is 1. The van der Waals surface area contributed by atoms with Crippen molar-refractivity contribution in [3.8, 4) is 11.1 Å². The van der Waals surface area contributed by atoms with Gasteiger partial charge in [-0.3, -0.25) is 8.51 Å². The van der Waals surface area contributed by atoms with Gasteiger partial charge in [0.15, 0.2) is 0 Å². The third-order valence-electron chi connectivity index (χ3n) is 3.46. The van der Waals surface area contributed by atoms with Crippen LogP contribution in [0.3, 0.4) is 0 Å². The molecule has 0 fully saturated rings. The molecule has 0 saturated heterocycles. The summed E-state index contributed by atoms with van der Waals surface area (Å²) in [5.74, 6) is -1.22. The zero-order valence-corrected chi connectivity index (χ0v) is 14.9. The molecule has 0 aromatic heterocycles. The third-order valence-corrected chi connectivity index (χ3v) is 4.95. The molecular weight excluding hydrogens is 382 g/mol. The molecule has 5 nitrogen and oxygen atoms in total. The van der Waals surface area contributed by atoms with Gasteiger partial charge in [0, 0.05) is 21.4 Å². The van der Waals surface area contributed by atoms with Crippen molar-refractivity contribution in [2.75, 3.05) is 4.31 Å². The Labute approximate surface area is 145 Å². The SMILES string of the molecule is CC(C)(C(=O)O)N(c1ccc(-c2ccc(Br)cc2)cc1)S(=O)[O-]. The van der Waals surface area contributed by atoms with Gasteiger partial charge in [-0.2, -0.15) is 0 Å². The second-order valence-corrected chi connectivity index (χ2v) is 7.14. The number of carboxylic acids is 1. The number of benzene rings is 2. The minimum atomic E-state index is -2.70. The van der Waals surface area contributed by atoms with Crippen molar-refractivity contribution < 1.29 is 18.7 Å². The van der Waals surface area contributed by atoms with Gasteiger partial charge in [-0.1, -0.05) is 40.2 Å². The maximum Gasteiger partial charge on any atom is 0.329 e. The van der Waals surface area contributed by atoms with E-state index < -0.39 is 22.8 Å². The van der Waals surface area contributed by atoms with Crippen LogP contribution in [-0.4, -0.2) is 25.4 Å². The van der Waals surface area contributed by atoms with Crippen molar-refractivity contribution in [1.29, 1.82) is 0 Å².